The molecule has 1 saturated heterocycles. The summed E-state index contributed by atoms with van der Waals surface area (Å²) in [6, 6.07) is 8.89. The summed E-state index contributed by atoms with van der Waals surface area (Å²) in [6.45, 7) is 5.46. The third-order valence-electron chi connectivity index (χ3n) is 3.23. The second-order valence-electron chi connectivity index (χ2n) is 5.58. The van der Waals surface area contributed by atoms with Crippen molar-refractivity contribution in [3.8, 4) is 12.3 Å². The predicted molar refractivity (Wildman–Crippen MR) is 78.6 cm³/mol. The fourth-order valence-electron chi connectivity index (χ4n) is 2.35. The lowest BCUT2D eigenvalue weighted by atomic mass is 10.1. The molecule has 0 saturated carbocycles. The maximum atomic E-state index is 12.0. The van der Waals surface area contributed by atoms with Crippen LogP contribution in [0, 0.1) is 12.3 Å². The summed E-state index contributed by atoms with van der Waals surface area (Å²) in [6.07, 6.45) is 4.95. The van der Waals surface area contributed by atoms with Gasteiger partial charge in [0.25, 0.3) is 0 Å². The molecule has 1 aliphatic rings. The molecule has 1 aliphatic heterocycles. The number of rotatable bonds is 4. The van der Waals surface area contributed by atoms with Crippen LogP contribution in [0.5, 0.6) is 0 Å². The zero-order valence-corrected chi connectivity index (χ0v) is 12.5. The topological polar surface area (TPSA) is 44.8 Å². The van der Waals surface area contributed by atoms with Gasteiger partial charge in [0.15, 0.2) is 5.79 Å². The highest BCUT2D eigenvalue weighted by Crippen LogP contribution is 2.30. The van der Waals surface area contributed by atoms with Gasteiger partial charge in [-0.15, -0.1) is 6.42 Å². The van der Waals surface area contributed by atoms with Gasteiger partial charge in [-0.3, -0.25) is 0 Å². The molecule has 0 spiro atoms. The van der Waals surface area contributed by atoms with Crippen molar-refractivity contribution in [2.45, 2.75) is 51.3 Å². The normalized spacial score (nSPS) is 25.0. The van der Waals surface area contributed by atoms with Crippen LogP contribution in [0.25, 0.3) is 0 Å². The smallest absolute Gasteiger partial charge is 0.338 e. The van der Waals surface area contributed by atoms with Gasteiger partial charge in [-0.1, -0.05) is 24.1 Å². The number of carbonyl (C=O) groups is 1. The standard InChI is InChI=1S/C17H20O4/c1-5-14-15(21-17(3,4)20-14)11-12(2)19-16(18)13-9-7-6-8-10-13/h1,6-10,12,14-15H,11H2,2-4H3/t12-,14-,15-/m0/s1. The third kappa shape index (κ3) is 4.07. The Bertz CT molecular complexity index is 529. The average molecular weight is 288 g/mol. The number of benzene rings is 1. The predicted octanol–water partition coefficient (Wildman–Crippen LogP) is 2.78. The summed E-state index contributed by atoms with van der Waals surface area (Å²) < 4.78 is 16.8. The molecule has 4 heteroatoms. The van der Waals surface area contributed by atoms with Crippen LogP contribution in [-0.2, 0) is 14.2 Å². The molecule has 21 heavy (non-hydrogen) atoms. The Balaban J connectivity index is 1.92. The molecule has 1 fully saturated rings. The molecule has 3 atom stereocenters. The Morgan fingerprint density at radius 3 is 2.67 bits per heavy atom. The van der Waals surface area contributed by atoms with Crippen LogP contribution in [0.3, 0.4) is 0 Å². The zero-order chi connectivity index (χ0) is 15.5. The molecule has 1 aromatic rings. The second kappa shape index (κ2) is 6.30. The van der Waals surface area contributed by atoms with E-state index in [1.54, 1.807) is 24.3 Å². The Kier molecular flexibility index (Phi) is 4.66. The molecule has 2 rings (SSSR count). The van der Waals surface area contributed by atoms with Crippen LogP contribution in [-0.4, -0.2) is 30.1 Å². The summed E-state index contributed by atoms with van der Waals surface area (Å²) in [5, 5.41) is 0. The molecule has 0 amide bonds. The average Bonchev–Trinajstić information content (AvgIpc) is 2.73. The third-order valence-corrected chi connectivity index (χ3v) is 3.23. The summed E-state index contributed by atoms with van der Waals surface area (Å²) >= 11 is 0. The number of ether oxygens (including phenoxy) is 3. The van der Waals surface area contributed by atoms with Gasteiger partial charge in [-0.25, -0.2) is 4.79 Å². The number of carbonyl (C=O) groups excluding carboxylic acids is 1. The van der Waals surface area contributed by atoms with Gasteiger partial charge in [0, 0.05) is 6.42 Å². The minimum Gasteiger partial charge on any atom is -0.459 e. The number of hydrogen-bond donors (Lipinski definition) is 0. The minimum atomic E-state index is -0.704. The first kappa shape index (κ1) is 15.6. The van der Waals surface area contributed by atoms with Crippen molar-refractivity contribution in [1.29, 1.82) is 0 Å². The van der Waals surface area contributed by atoms with Gasteiger partial charge in [-0.2, -0.15) is 0 Å². The number of esters is 1. The number of hydrogen-bond acceptors (Lipinski definition) is 4. The van der Waals surface area contributed by atoms with Crippen LogP contribution in [0.1, 0.15) is 37.6 Å². The first-order valence-corrected chi connectivity index (χ1v) is 6.99. The molecule has 0 bridgehead atoms. The highest BCUT2D eigenvalue weighted by Gasteiger charge is 2.41. The van der Waals surface area contributed by atoms with Crippen molar-refractivity contribution in [1.82, 2.24) is 0 Å². The van der Waals surface area contributed by atoms with Gasteiger partial charge in [0.1, 0.15) is 18.3 Å². The van der Waals surface area contributed by atoms with Crippen molar-refractivity contribution in [3.63, 3.8) is 0 Å². The number of terminal acetylenes is 1. The van der Waals surface area contributed by atoms with Crippen molar-refractivity contribution >= 4 is 5.97 Å². The fourth-order valence-corrected chi connectivity index (χ4v) is 2.35. The van der Waals surface area contributed by atoms with Gasteiger partial charge in [0.05, 0.1) is 5.56 Å². The van der Waals surface area contributed by atoms with E-state index in [2.05, 4.69) is 5.92 Å². The van der Waals surface area contributed by atoms with Crippen LogP contribution in [0.4, 0.5) is 0 Å². The summed E-state index contributed by atoms with van der Waals surface area (Å²) in [7, 11) is 0. The molecule has 0 aliphatic carbocycles. The first-order chi connectivity index (χ1) is 9.91. The van der Waals surface area contributed by atoms with Gasteiger partial charge >= 0.3 is 5.97 Å². The lowest BCUT2D eigenvalue weighted by Crippen LogP contribution is -2.28. The lowest BCUT2D eigenvalue weighted by molar-refractivity contribution is -0.144. The van der Waals surface area contributed by atoms with Crippen LogP contribution >= 0.6 is 0 Å². The lowest BCUT2D eigenvalue weighted by Gasteiger charge is -2.19. The maximum absolute atomic E-state index is 12.0. The molecule has 0 aromatic heterocycles. The van der Waals surface area contributed by atoms with E-state index < -0.39 is 11.9 Å². The van der Waals surface area contributed by atoms with E-state index in [1.165, 1.54) is 0 Å². The quantitative estimate of drug-likeness (QED) is 0.631. The minimum absolute atomic E-state index is 0.274. The highest BCUT2D eigenvalue weighted by molar-refractivity contribution is 5.89. The van der Waals surface area contributed by atoms with Crippen LogP contribution in [0.2, 0.25) is 0 Å². The second-order valence-corrected chi connectivity index (χ2v) is 5.58. The van der Waals surface area contributed by atoms with E-state index in [0.29, 0.717) is 12.0 Å². The van der Waals surface area contributed by atoms with Gasteiger partial charge in [0.2, 0.25) is 0 Å². The first-order valence-electron chi connectivity index (χ1n) is 6.99. The molecule has 1 aromatic carbocycles. The molecular formula is C17H20O4. The molecular weight excluding hydrogens is 268 g/mol. The van der Waals surface area contributed by atoms with E-state index in [9.17, 15) is 4.79 Å². The van der Waals surface area contributed by atoms with E-state index >= 15 is 0 Å². The molecule has 112 valence electrons. The zero-order valence-electron chi connectivity index (χ0n) is 12.5. The summed E-state index contributed by atoms with van der Waals surface area (Å²) in [5.74, 6) is 1.52. The van der Waals surface area contributed by atoms with Crippen LogP contribution in [0.15, 0.2) is 30.3 Å². The summed E-state index contributed by atoms with van der Waals surface area (Å²) in [4.78, 5) is 12.0. The fraction of sp³-hybridized carbons (Fsp3) is 0.471. The highest BCUT2D eigenvalue weighted by atomic mass is 16.7. The SMILES string of the molecule is C#C[C@@H]1OC(C)(C)O[C@H]1C[C@H](C)OC(=O)c1ccccc1. The largest absolute Gasteiger partial charge is 0.459 e. The van der Waals surface area contributed by atoms with E-state index in [1.807, 2.05) is 26.8 Å². The van der Waals surface area contributed by atoms with Crippen molar-refractivity contribution in [3.05, 3.63) is 35.9 Å². The van der Waals surface area contributed by atoms with Crippen molar-refractivity contribution in [2.24, 2.45) is 0 Å². The van der Waals surface area contributed by atoms with Gasteiger partial charge in [-0.05, 0) is 32.9 Å². The Hall–Kier alpha value is -1.83. The molecule has 0 N–H and O–H groups in total. The summed E-state index contributed by atoms with van der Waals surface area (Å²) in [5.41, 5.74) is 0.529. The van der Waals surface area contributed by atoms with E-state index in [4.69, 9.17) is 20.6 Å². The maximum Gasteiger partial charge on any atom is 0.338 e. The van der Waals surface area contributed by atoms with Gasteiger partial charge < -0.3 is 14.2 Å². The Morgan fingerprint density at radius 1 is 1.38 bits per heavy atom. The van der Waals surface area contributed by atoms with Crippen LogP contribution < -0.4 is 0 Å². The monoisotopic (exact) mass is 288 g/mol. The molecule has 0 unspecified atom stereocenters. The molecule has 4 nitrogen and oxygen atoms in total. The Labute approximate surface area is 125 Å². The van der Waals surface area contributed by atoms with Crippen molar-refractivity contribution < 1.29 is 19.0 Å². The molecule has 0 radical (unpaired) electrons. The molecule has 1 heterocycles. The Morgan fingerprint density at radius 2 is 2.05 bits per heavy atom. The van der Waals surface area contributed by atoms with Crippen molar-refractivity contribution in [2.75, 3.05) is 0 Å². The van der Waals surface area contributed by atoms with E-state index in [-0.39, 0.29) is 18.2 Å². The van der Waals surface area contributed by atoms with E-state index in [0.717, 1.165) is 0 Å².